The summed E-state index contributed by atoms with van der Waals surface area (Å²) in [5.41, 5.74) is 0.975. The lowest BCUT2D eigenvalue weighted by molar-refractivity contribution is 0.102. The molecule has 0 aromatic heterocycles. The number of ether oxygens (including phenoxy) is 1. The summed E-state index contributed by atoms with van der Waals surface area (Å²) in [7, 11) is 0. The number of hydrogen-bond donors (Lipinski definition) is 2. The molecule has 0 saturated carbocycles. The molecule has 0 atom stereocenters. The van der Waals surface area contributed by atoms with E-state index in [-0.39, 0.29) is 11.7 Å². The third-order valence-electron chi connectivity index (χ3n) is 2.75. The highest BCUT2D eigenvalue weighted by atomic mass is 79.9. The van der Waals surface area contributed by atoms with Crippen molar-refractivity contribution in [2.45, 2.75) is 13.3 Å². The largest absolute Gasteiger partial charge is 0.508 e. The molecule has 2 aromatic carbocycles. The van der Waals surface area contributed by atoms with Gasteiger partial charge in [-0.05, 0) is 36.8 Å². The van der Waals surface area contributed by atoms with Gasteiger partial charge < -0.3 is 15.2 Å². The maximum Gasteiger partial charge on any atom is 0.259 e. The van der Waals surface area contributed by atoms with Gasteiger partial charge in [0.15, 0.2) is 0 Å². The van der Waals surface area contributed by atoms with Gasteiger partial charge in [-0.3, -0.25) is 4.79 Å². The molecule has 0 heterocycles. The summed E-state index contributed by atoms with van der Waals surface area (Å²) in [6.07, 6.45) is 0.865. The van der Waals surface area contributed by atoms with Crippen LogP contribution in [0.15, 0.2) is 46.9 Å². The predicted molar refractivity (Wildman–Crippen MR) is 86.0 cm³/mol. The monoisotopic (exact) mass is 349 g/mol. The highest BCUT2D eigenvalue weighted by Gasteiger charge is 2.13. The minimum atomic E-state index is -0.284. The normalized spacial score (nSPS) is 10.2. The second kappa shape index (κ2) is 7.13. The van der Waals surface area contributed by atoms with Gasteiger partial charge in [0.25, 0.3) is 5.91 Å². The molecular weight excluding hydrogens is 334 g/mol. The number of carbonyl (C=O) groups is 1. The molecule has 1 amide bonds. The molecule has 110 valence electrons. The number of nitrogens with one attached hydrogen (secondary N) is 1. The summed E-state index contributed by atoms with van der Waals surface area (Å²) in [6.45, 7) is 2.55. The maximum absolute atomic E-state index is 12.4. The van der Waals surface area contributed by atoms with Crippen molar-refractivity contribution >= 4 is 27.5 Å². The number of carbonyl (C=O) groups excluding carboxylic acids is 1. The third-order valence-corrected chi connectivity index (χ3v) is 3.25. The zero-order valence-corrected chi connectivity index (χ0v) is 13.2. The van der Waals surface area contributed by atoms with Crippen LogP contribution in [0.25, 0.3) is 0 Å². The molecule has 2 aromatic rings. The second-order valence-corrected chi connectivity index (χ2v) is 5.41. The van der Waals surface area contributed by atoms with E-state index in [0.29, 0.717) is 23.6 Å². The van der Waals surface area contributed by atoms with Crippen LogP contribution in [0.1, 0.15) is 23.7 Å². The lowest BCUT2D eigenvalue weighted by Crippen LogP contribution is -2.14. The molecule has 0 bridgehead atoms. The van der Waals surface area contributed by atoms with Gasteiger partial charge in [-0.2, -0.15) is 0 Å². The third kappa shape index (κ3) is 4.23. The Balaban J connectivity index is 2.23. The van der Waals surface area contributed by atoms with Crippen LogP contribution in [0.4, 0.5) is 5.69 Å². The summed E-state index contributed by atoms with van der Waals surface area (Å²) in [4.78, 5) is 12.4. The van der Waals surface area contributed by atoms with Gasteiger partial charge in [0.05, 0.1) is 12.2 Å². The summed E-state index contributed by atoms with van der Waals surface area (Å²) < 4.78 is 6.39. The van der Waals surface area contributed by atoms with Gasteiger partial charge in [-0.1, -0.05) is 28.9 Å². The Morgan fingerprint density at radius 2 is 2.10 bits per heavy atom. The average Bonchev–Trinajstić information content (AvgIpc) is 2.46. The number of phenolic OH excluding ortho intramolecular Hbond substituents is 1. The van der Waals surface area contributed by atoms with Gasteiger partial charge in [-0.25, -0.2) is 0 Å². The van der Waals surface area contributed by atoms with E-state index in [2.05, 4.69) is 21.2 Å². The first-order valence-electron chi connectivity index (χ1n) is 6.63. The molecule has 0 radical (unpaired) electrons. The van der Waals surface area contributed by atoms with E-state index >= 15 is 0 Å². The standard InChI is InChI=1S/C16H16BrNO3/c1-2-8-21-15-7-6-11(17)9-14(15)16(20)18-12-4-3-5-13(19)10-12/h3-7,9-10,19H,2,8H2,1H3,(H,18,20). The number of benzene rings is 2. The van der Waals surface area contributed by atoms with Crippen molar-refractivity contribution in [3.8, 4) is 11.5 Å². The number of rotatable bonds is 5. The number of aromatic hydroxyl groups is 1. The summed E-state index contributed by atoms with van der Waals surface area (Å²) in [5, 5.41) is 12.2. The van der Waals surface area contributed by atoms with Crippen molar-refractivity contribution in [3.63, 3.8) is 0 Å². The fourth-order valence-electron chi connectivity index (χ4n) is 1.80. The minimum absolute atomic E-state index is 0.101. The van der Waals surface area contributed by atoms with Crippen LogP contribution < -0.4 is 10.1 Å². The highest BCUT2D eigenvalue weighted by molar-refractivity contribution is 9.10. The van der Waals surface area contributed by atoms with Gasteiger partial charge >= 0.3 is 0 Å². The molecule has 0 aliphatic rings. The van der Waals surface area contributed by atoms with Crippen molar-refractivity contribution in [1.82, 2.24) is 0 Å². The van der Waals surface area contributed by atoms with Crippen LogP contribution in [0.3, 0.4) is 0 Å². The van der Waals surface area contributed by atoms with Crippen molar-refractivity contribution in [2.75, 3.05) is 11.9 Å². The summed E-state index contributed by atoms with van der Waals surface area (Å²) in [6, 6.07) is 11.7. The lowest BCUT2D eigenvalue weighted by Gasteiger charge is -2.12. The molecular formula is C16H16BrNO3. The molecule has 4 nitrogen and oxygen atoms in total. The van der Waals surface area contributed by atoms with Crippen LogP contribution in [0.5, 0.6) is 11.5 Å². The van der Waals surface area contributed by atoms with E-state index < -0.39 is 0 Å². The number of hydrogen-bond acceptors (Lipinski definition) is 3. The van der Waals surface area contributed by atoms with Crippen molar-refractivity contribution in [1.29, 1.82) is 0 Å². The fourth-order valence-corrected chi connectivity index (χ4v) is 2.16. The smallest absolute Gasteiger partial charge is 0.259 e. The van der Waals surface area contributed by atoms with E-state index in [0.717, 1.165) is 10.9 Å². The van der Waals surface area contributed by atoms with Crippen molar-refractivity contribution in [2.24, 2.45) is 0 Å². The van der Waals surface area contributed by atoms with E-state index in [4.69, 9.17) is 4.74 Å². The first-order valence-corrected chi connectivity index (χ1v) is 7.42. The molecule has 0 aliphatic carbocycles. The predicted octanol–water partition coefficient (Wildman–Crippen LogP) is 4.20. The molecule has 0 saturated heterocycles. The van der Waals surface area contributed by atoms with Gasteiger partial charge in [0.2, 0.25) is 0 Å². The molecule has 0 aliphatic heterocycles. The number of anilines is 1. The highest BCUT2D eigenvalue weighted by Crippen LogP contribution is 2.25. The first-order chi connectivity index (χ1) is 10.1. The Morgan fingerprint density at radius 3 is 2.81 bits per heavy atom. The van der Waals surface area contributed by atoms with Gasteiger partial charge in [0.1, 0.15) is 11.5 Å². The quantitative estimate of drug-likeness (QED) is 0.850. The summed E-state index contributed by atoms with van der Waals surface area (Å²) >= 11 is 3.35. The number of halogens is 1. The lowest BCUT2D eigenvalue weighted by atomic mass is 10.2. The topological polar surface area (TPSA) is 58.6 Å². The Labute approximate surface area is 131 Å². The van der Waals surface area contributed by atoms with E-state index in [1.807, 2.05) is 13.0 Å². The molecule has 0 unspecified atom stereocenters. The second-order valence-electron chi connectivity index (χ2n) is 4.49. The zero-order valence-electron chi connectivity index (χ0n) is 11.6. The molecule has 2 N–H and O–H groups in total. The van der Waals surface area contributed by atoms with Crippen LogP contribution in [0.2, 0.25) is 0 Å². The Hall–Kier alpha value is -2.01. The van der Waals surface area contributed by atoms with E-state index in [9.17, 15) is 9.90 Å². The maximum atomic E-state index is 12.4. The summed E-state index contributed by atoms with van der Waals surface area (Å²) in [5.74, 6) is 0.357. The van der Waals surface area contributed by atoms with Crippen molar-refractivity contribution < 1.29 is 14.6 Å². The molecule has 0 spiro atoms. The Kier molecular flexibility index (Phi) is 5.22. The molecule has 5 heteroatoms. The Morgan fingerprint density at radius 1 is 1.29 bits per heavy atom. The first kappa shape index (κ1) is 15.4. The fraction of sp³-hybridized carbons (Fsp3) is 0.188. The Bertz CT molecular complexity index is 643. The van der Waals surface area contributed by atoms with Crippen LogP contribution >= 0.6 is 15.9 Å². The molecule has 2 rings (SSSR count). The van der Waals surface area contributed by atoms with E-state index in [1.54, 1.807) is 30.3 Å². The number of amides is 1. The van der Waals surface area contributed by atoms with Gasteiger partial charge in [-0.15, -0.1) is 0 Å². The molecule has 21 heavy (non-hydrogen) atoms. The SMILES string of the molecule is CCCOc1ccc(Br)cc1C(=O)Nc1cccc(O)c1. The number of phenols is 1. The minimum Gasteiger partial charge on any atom is -0.508 e. The van der Waals surface area contributed by atoms with Crippen LogP contribution in [-0.2, 0) is 0 Å². The van der Waals surface area contributed by atoms with Crippen LogP contribution in [0, 0.1) is 0 Å². The molecule has 0 fully saturated rings. The van der Waals surface area contributed by atoms with Crippen molar-refractivity contribution in [3.05, 3.63) is 52.5 Å². The average molecular weight is 350 g/mol. The van der Waals surface area contributed by atoms with Gasteiger partial charge in [0, 0.05) is 16.2 Å². The zero-order chi connectivity index (χ0) is 15.2. The van der Waals surface area contributed by atoms with Crippen LogP contribution in [-0.4, -0.2) is 17.6 Å². The van der Waals surface area contributed by atoms with E-state index in [1.165, 1.54) is 6.07 Å².